The minimum absolute atomic E-state index is 0.264. The summed E-state index contributed by atoms with van der Waals surface area (Å²) in [7, 11) is 0. The van der Waals surface area contributed by atoms with Crippen molar-refractivity contribution in [3.05, 3.63) is 30.1 Å². The molecule has 0 aliphatic heterocycles. The summed E-state index contributed by atoms with van der Waals surface area (Å²) >= 11 is 0. The van der Waals surface area contributed by atoms with E-state index in [4.69, 9.17) is 5.73 Å². The molecule has 92 valence electrons. The molecule has 0 aromatic carbocycles. The first-order valence-electron chi connectivity index (χ1n) is 5.34. The molecule has 17 heavy (non-hydrogen) atoms. The zero-order valence-electron chi connectivity index (χ0n) is 9.64. The molecule has 6 heteroatoms. The van der Waals surface area contributed by atoms with Crippen LogP contribution in [0.3, 0.4) is 0 Å². The Hall–Kier alpha value is -1.95. The first kappa shape index (κ1) is 13.1. The van der Waals surface area contributed by atoms with Gasteiger partial charge in [-0.25, -0.2) is 0 Å². The van der Waals surface area contributed by atoms with E-state index in [9.17, 15) is 9.59 Å². The van der Waals surface area contributed by atoms with Gasteiger partial charge in [-0.15, -0.1) is 0 Å². The number of nitrogens with one attached hydrogen (secondary N) is 2. The van der Waals surface area contributed by atoms with Crippen LogP contribution in [0.2, 0.25) is 0 Å². The summed E-state index contributed by atoms with van der Waals surface area (Å²) in [6, 6.07) is 3.34. The molecule has 1 heterocycles. The Kier molecular flexibility index (Phi) is 5.09. The van der Waals surface area contributed by atoms with Crippen LogP contribution < -0.4 is 16.4 Å². The topological polar surface area (TPSA) is 97.1 Å². The monoisotopic (exact) mass is 236 g/mol. The predicted octanol–water partition coefficient (Wildman–Crippen LogP) is -0.666. The van der Waals surface area contributed by atoms with Crippen molar-refractivity contribution in [1.29, 1.82) is 0 Å². The molecule has 1 aromatic heterocycles. The fourth-order valence-corrected chi connectivity index (χ4v) is 1.24. The van der Waals surface area contributed by atoms with Crippen molar-refractivity contribution in [2.45, 2.75) is 13.0 Å². The lowest BCUT2D eigenvalue weighted by atomic mass is 10.1. The number of amides is 2. The quantitative estimate of drug-likeness (QED) is 0.604. The molecule has 2 amide bonds. The SMILES string of the molecule is CC(NC(=O)C(=O)NCCN)c1cccnc1. The number of hydrogen-bond donors (Lipinski definition) is 3. The van der Waals surface area contributed by atoms with Gasteiger partial charge < -0.3 is 16.4 Å². The van der Waals surface area contributed by atoms with Crippen LogP contribution >= 0.6 is 0 Å². The molecule has 1 unspecified atom stereocenters. The molecular formula is C11H16N4O2. The van der Waals surface area contributed by atoms with Crippen molar-refractivity contribution in [2.75, 3.05) is 13.1 Å². The van der Waals surface area contributed by atoms with Gasteiger partial charge in [-0.3, -0.25) is 14.6 Å². The molecule has 0 saturated heterocycles. The first-order valence-corrected chi connectivity index (χ1v) is 5.34. The zero-order chi connectivity index (χ0) is 12.7. The maximum Gasteiger partial charge on any atom is 0.309 e. The van der Waals surface area contributed by atoms with Crippen LogP contribution in [0, 0.1) is 0 Å². The summed E-state index contributed by atoms with van der Waals surface area (Å²) in [5.41, 5.74) is 6.05. The number of rotatable bonds is 4. The van der Waals surface area contributed by atoms with Crippen LogP contribution in [0.15, 0.2) is 24.5 Å². The minimum atomic E-state index is -0.675. The maximum absolute atomic E-state index is 11.4. The smallest absolute Gasteiger partial charge is 0.309 e. The molecule has 0 aliphatic carbocycles. The van der Waals surface area contributed by atoms with Gasteiger partial charge in [-0.1, -0.05) is 6.07 Å². The Morgan fingerprint density at radius 3 is 2.82 bits per heavy atom. The normalized spacial score (nSPS) is 11.6. The highest BCUT2D eigenvalue weighted by Gasteiger charge is 2.16. The van der Waals surface area contributed by atoms with Crippen LogP contribution in [0.4, 0.5) is 0 Å². The molecule has 0 fully saturated rings. The van der Waals surface area contributed by atoms with Crippen molar-refractivity contribution < 1.29 is 9.59 Å². The Balaban J connectivity index is 2.49. The van der Waals surface area contributed by atoms with E-state index in [1.807, 2.05) is 6.07 Å². The fourth-order valence-electron chi connectivity index (χ4n) is 1.24. The number of aromatic nitrogens is 1. The van der Waals surface area contributed by atoms with E-state index in [1.165, 1.54) is 0 Å². The summed E-state index contributed by atoms with van der Waals surface area (Å²) in [4.78, 5) is 26.7. The lowest BCUT2D eigenvalue weighted by Gasteiger charge is -2.13. The summed E-state index contributed by atoms with van der Waals surface area (Å²) < 4.78 is 0. The average molecular weight is 236 g/mol. The van der Waals surface area contributed by atoms with Crippen LogP contribution in [-0.2, 0) is 9.59 Å². The van der Waals surface area contributed by atoms with E-state index < -0.39 is 11.8 Å². The van der Waals surface area contributed by atoms with Crippen molar-refractivity contribution >= 4 is 11.8 Å². The number of nitrogens with two attached hydrogens (primary N) is 1. The van der Waals surface area contributed by atoms with E-state index in [1.54, 1.807) is 25.4 Å². The molecule has 0 saturated carbocycles. The molecule has 0 bridgehead atoms. The second-order valence-corrected chi connectivity index (χ2v) is 3.53. The van der Waals surface area contributed by atoms with Crippen molar-refractivity contribution in [2.24, 2.45) is 5.73 Å². The predicted molar refractivity (Wildman–Crippen MR) is 62.9 cm³/mol. The Labute approximate surface area is 99.6 Å². The van der Waals surface area contributed by atoms with Gasteiger partial charge in [0.2, 0.25) is 0 Å². The van der Waals surface area contributed by atoms with E-state index in [-0.39, 0.29) is 12.6 Å². The highest BCUT2D eigenvalue weighted by Crippen LogP contribution is 2.08. The standard InChI is InChI=1S/C11H16N4O2/c1-8(9-3-2-5-13-7-9)15-11(17)10(16)14-6-4-12/h2-3,5,7-8H,4,6,12H2,1H3,(H,14,16)(H,15,17). The number of carbonyl (C=O) groups excluding carboxylic acids is 2. The van der Waals surface area contributed by atoms with Gasteiger partial charge in [0.05, 0.1) is 6.04 Å². The van der Waals surface area contributed by atoms with Gasteiger partial charge in [0.25, 0.3) is 0 Å². The van der Waals surface area contributed by atoms with Gasteiger partial charge in [0.1, 0.15) is 0 Å². The fraction of sp³-hybridized carbons (Fsp3) is 0.364. The molecule has 1 rings (SSSR count). The van der Waals surface area contributed by atoms with Gasteiger partial charge in [-0.2, -0.15) is 0 Å². The van der Waals surface area contributed by atoms with Crippen LogP contribution in [0.1, 0.15) is 18.5 Å². The third kappa shape index (κ3) is 4.20. The minimum Gasteiger partial charge on any atom is -0.347 e. The Morgan fingerprint density at radius 1 is 1.47 bits per heavy atom. The number of hydrogen-bond acceptors (Lipinski definition) is 4. The molecule has 1 atom stereocenters. The summed E-state index contributed by atoms with van der Waals surface area (Å²) in [6.45, 7) is 2.37. The third-order valence-electron chi connectivity index (χ3n) is 2.17. The van der Waals surface area contributed by atoms with Crippen molar-refractivity contribution in [3.63, 3.8) is 0 Å². The number of carbonyl (C=O) groups is 2. The lowest BCUT2D eigenvalue weighted by molar-refractivity contribution is -0.139. The second kappa shape index (κ2) is 6.59. The Morgan fingerprint density at radius 2 is 2.24 bits per heavy atom. The van der Waals surface area contributed by atoms with Crippen molar-refractivity contribution in [1.82, 2.24) is 15.6 Å². The molecular weight excluding hydrogens is 220 g/mol. The van der Waals surface area contributed by atoms with Gasteiger partial charge >= 0.3 is 11.8 Å². The van der Waals surface area contributed by atoms with E-state index in [2.05, 4.69) is 15.6 Å². The number of pyridine rings is 1. The molecule has 4 N–H and O–H groups in total. The van der Waals surface area contributed by atoms with Gasteiger partial charge in [0.15, 0.2) is 0 Å². The van der Waals surface area contributed by atoms with Gasteiger partial charge in [-0.05, 0) is 18.6 Å². The number of nitrogens with zero attached hydrogens (tertiary/aromatic N) is 1. The summed E-state index contributed by atoms with van der Waals surface area (Å²) in [6.07, 6.45) is 3.29. The zero-order valence-corrected chi connectivity index (χ0v) is 9.64. The largest absolute Gasteiger partial charge is 0.347 e. The second-order valence-electron chi connectivity index (χ2n) is 3.53. The van der Waals surface area contributed by atoms with Crippen LogP contribution in [0.5, 0.6) is 0 Å². The van der Waals surface area contributed by atoms with E-state index in [0.29, 0.717) is 6.54 Å². The molecule has 0 radical (unpaired) electrons. The highest BCUT2D eigenvalue weighted by atomic mass is 16.2. The van der Waals surface area contributed by atoms with Crippen molar-refractivity contribution in [3.8, 4) is 0 Å². The van der Waals surface area contributed by atoms with Gasteiger partial charge in [0, 0.05) is 25.5 Å². The molecule has 1 aromatic rings. The lowest BCUT2D eigenvalue weighted by Crippen LogP contribution is -2.42. The molecule has 0 spiro atoms. The van der Waals surface area contributed by atoms with E-state index in [0.717, 1.165) is 5.56 Å². The summed E-state index contributed by atoms with van der Waals surface area (Å²) in [5, 5.41) is 4.97. The maximum atomic E-state index is 11.4. The van der Waals surface area contributed by atoms with E-state index >= 15 is 0 Å². The third-order valence-corrected chi connectivity index (χ3v) is 2.17. The molecule has 0 aliphatic rings. The summed E-state index contributed by atoms with van der Waals surface area (Å²) in [5.74, 6) is -1.35. The molecule has 6 nitrogen and oxygen atoms in total. The average Bonchev–Trinajstić information content (AvgIpc) is 2.36. The highest BCUT2D eigenvalue weighted by molar-refractivity contribution is 6.35. The van der Waals surface area contributed by atoms with Crippen LogP contribution in [-0.4, -0.2) is 29.9 Å². The Bertz CT molecular complexity index is 380. The van der Waals surface area contributed by atoms with Crippen LogP contribution in [0.25, 0.3) is 0 Å². The first-order chi connectivity index (χ1) is 8.15.